The first-order valence-electron chi connectivity index (χ1n) is 8.28. The zero-order chi connectivity index (χ0) is 14.3. The summed E-state index contributed by atoms with van der Waals surface area (Å²) in [5.41, 5.74) is 6.37. The molecule has 0 aromatic carbocycles. The van der Waals surface area contributed by atoms with Crippen molar-refractivity contribution in [1.29, 1.82) is 0 Å². The molecular formula is C16H35N3. The predicted octanol–water partition coefficient (Wildman–Crippen LogP) is 2.70. The summed E-state index contributed by atoms with van der Waals surface area (Å²) >= 11 is 0. The van der Waals surface area contributed by atoms with Crippen LogP contribution in [-0.2, 0) is 0 Å². The van der Waals surface area contributed by atoms with Crippen LogP contribution in [-0.4, -0.2) is 54.6 Å². The average molecular weight is 269 g/mol. The van der Waals surface area contributed by atoms with Crippen molar-refractivity contribution >= 4 is 0 Å². The molecule has 3 heteroatoms. The molecule has 1 saturated heterocycles. The van der Waals surface area contributed by atoms with Crippen molar-refractivity contribution in [3.63, 3.8) is 0 Å². The highest BCUT2D eigenvalue weighted by atomic mass is 15.3. The van der Waals surface area contributed by atoms with Crippen LogP contribution in [0.3, 0.4) is 0 Å². The number of rotatable bonds is 9. The number of nitrogens with zero attached hydrogens (tertiary/aromatic N) is 2. The molecule has 1 heterocycles. The number of nitrogens with two attached hydrogens (primary N) is 1. The average Bonchev–Trinajstić information content (AvgIpc) is 2.88. The summed E-state index contributed by atoms with van der Waals surface area (Å²) in [5.74, 6) is 0. The third kappa shape index (κ3) is 4.17. The SMILES string of the molecule is CCCCC(CC)(CN)N(C)CC1CCCN1CC. The molecule has 19 heavy (non-hydrogen) atoms. The highest BCUT2D eigenvalue weighted by Gasteiger charge is 2.34. The number of likely N-dealkylation sites (N-methyl/N-ethyl adjacent to an activating group) is 2. The molecule has 1 aliphatic rings. The number of unbranched alkanes of at least 4 members (excludes halogenated alkanes) is 1. The van der Waals surface area contributed by atoms with Gasteiger partial charge in [0.2, 0.25) is 0 Å². The maximum atomic E-state index is 6.15. The summed E-state index contributed by atoms with van der Waals surface area (Å²) in [5, 5.41) is 0. The first-order chi connectivity index (χ1) is 9.13. The van der Waals surface area contributed by atoms with Crippen LogP contribution in [0.15, 0.2) is 0 Å². The Kier molecular flexibility index (Phi) is 7.33. The van der Waals surface area contributed by atoms with Gasteiger partial charge in [0.1, 0.15) is 0 Å². The minimum absolute atomic E-state index is 0.220. The monoisotopic (exact) mass is 269 g/mol. The van der Waals surface area contributed by atoms with E-state index < -0.39 is 0 Å². The molecule has 0 aliphatic carbocycles. The minimum Gasteiger partial charge on any atom is -0.329 e. The van der Waals surface area contributed by atoms with E-state index in [2.05, 4.69) is 37.6 Å². The van der Waals surface area contributed by atoms with Crippen LogP contribution in [0.2, 0.25) is 0 Å². The lowest BCUT2D eigenvalue weighted by atomic mass is 9.87. The summed E-state index contributed by atoms with van der Waals surface area (Å²) in [6, 6.07) is 0.745. The topological polar surface area (TPSA) is 32.5 Å². The van der Waals surface area contributed by atoms with E-state index in [4.69, 9.17) is 5.73 Å². The Morgan fingerprint density at radius 1 is 1.32 bits per heavy atom. The van der Waals surface area contributed by atoms with Gasteiger partial charge in [-0.3, -0.25) is 9.80 Å². The predicted molar refractivity (Wildman–Crippen MR) is 84.5 cm³/mol. The van der Waals surface area contributed by atoms with Gasteiger partial charge in [0, 0.05) is 24.7 Å². The van der Waals surface area contributed by atoms with Gasteiger partial charge in [-0.1, -0.05) is 33.6 Å². The van der Waals surface area contributed by atoms with Gasteiger partial charge in [-0.05, 0) is 45.8 Å². The molecule has 2 N–H and O–H groups in total. The Hall–Kier alpha value is -0.120. The highest BCUT2D eigenvalue weighted by Crippen LogP contribution is 2.27. The Morgan fingerprint density at radius 3 is 2.58 bits per heavy atom. The van der Waals surface area contributed by atoms with E-state index in [0.717, 1.165) is 12.6 Å². The smallest absolute Gasteiger partial charge is 0.0326 e. The molecule has 0 radical (unpaired) electrons. The Bertz CT molecular complexity index is 238. The summed E-state index contributed by atoms with van der Waals surface area (Å²) in [7, 11) is 2.29. The molecular weight excluding hydrogens is 234 g/mol. The molecule has 2 unspecified atom stereocenters. The van der Waals surface area contributed by atoms with Gasteiger partial charge in [0.15, 0.2) is 0 Å². The van der Waals surface area contributed by atoms with Gasteiger partial charge in [0.05, 0.1) is 0 Å². The van der Waals surface area contributed by atoms with E-state index in [1.165, 1.54) is 58.2 Å². The molecule has 114 valence electrons. The molecule has 2 atom stereocenters. The van der Waals surface area contributed by atoms with E-state index >= 15 is 0 Å². The van der Waals surface area contributed by atoms with E-state index in [1.807, 2.05) is 0 Å². The van der Waals surface area contributed by atoms with Gasteiger partial charge < -0.3 is 5.73 Å². The van der Waals surface area contributed by atoms with Gasteiger partial charge in [-0.2, -0.15) is 0 Å². The van der Waals surface area contributed by atoms with Crippen molar-refractivity contribution in [3.05, 3.63) is 0 Å². The second-order valence-corrected chi connectivity index (χ2v) is 6.19. The normalized spacial score (nSPS) is 24.0. The molecule has 0 aromatic rings. The summed E-state index contributed by atoms with van der Waals surface area (Å²) in [6.45, 7) is 11.3. The summed E-state index contributed by atoms with van der Waals surface area (Å²) < 4.78 is 0. The van der Waals surface area contributed by atoms with Gasteiger partial charge in [0.25, 0.3) is 0 Å². The summed E-state index contributed by atoms with van der Waals surface area (Å²) in [4.78, 5) is 5.20. The quantitative estimate of drug-likeness (QED) is 0.698. The van der Waals surface area contributed by atoms with Crippen molar-refractivity contribution in [1.82, 2.24) is 9.80 Å². The first kappa shape index (κ1) is 16.9. The second kappa shape index (κ2) is 8.23. The fourth-order valence-electron chi connectivity index (χ4n) is 3.57. The zero-order valence-corrected chi connectivity index (χ0v) is 13.6. The molecule has 1 aliphatic heterocycles. The number of hydrogen-bond donors (Lipinski definition) is 1. The largest absolute Gasteiger partial charge is 0.329 e. The lowest BCUT2D eigenvalue weighted by molar-refractivity contribution is 0.0773. The van der Waals surface area contributed by atoms with E-state index in [0.29, 0.717) is 0 Å². The van der Waals surface area contributed by atoms with E-state index in [-0.39, 0.29) is 5.54 Å². The van der Waals surface area contributed by atoms with Crippen molar-refractivity contribution < 1.29 is 0 Å². The lowest BCUT2D eigenvalue weighted by Gasteiger charge is -2.43. The number of likely N-dealkylation sites (tertiary alicyclic amines) is 1. The van der Waals surface area contributed by atoms with Crippen molar-refractivity contribution in [2.45, 2.75) is 70.9 Å². The first-order valence-corrected chi connectivity index (χ1v) is 8.28. The fourth-order valence-corrected chi connectivity index (χ4v) is 3.57. The number of hydrogen-bond acceptors (Lipinski definition) is 3. The molecule has 0 aromatic heterocycles. The molecule has 0 saturated carbocycles. The minimum atomic E-state index is 0.220. The van der Waals surface area contributed by atoms with Crippen molar-refractivity contribution in [2.24, 2.45) is 5.73 Å². The van der Waals surface area contributed by atoms with Gasteiger partial charge >= 0.3 is 0 Å². The Morgan fingerprint density at radius 2 is 2.05 bits per heavy atom. The molecule has 1 fully saturated rings. The molecule has 0 amide bonds. The maximum Gasteiger partial charge on any atom is 0.0326 e. The van der Waals surface area contributed by atoms with E-state index in [1.54, 1.807) is 0 Å². The van der Waals surface area contributed by atoms with Crippen LogP contribution < -0.4 is 5.73 Å². The molecule has 0 spiro atoms. The third-order valence-corrected chi connectivity index (χ3v) is 5.23. The highest BCUT2D eigenvalue weighted by molar-refractivity contribution is 4.92. The second-order valence-electron chi connectivity index (χ2n) is 6.19. The van der Waals surface area contributed by atoms with Crippen LogP contribution in [0.25, 0.3) is 0 Å². The Labute approximate surface area is 120 Å². The van der Waals surface area contributed by atoms with Crippen molar-refractivity contribution in [2.75, 3.05) is 33.2 Å². The van der Waals surface area contributed by atoms with Gasteiger partial charge in [-0.15, -0.1) is 0 Å². The molecule has 0 bridgehead atoms. The van der Waals surface area contributed by atoms with Gasteiger partial charge in [-0.25, -0.2) is 0 Å². The maximum absolute atomic E-state index is 6.15. The van der Waals surface area contributed by atoms with Crippen molar-refractivity contribution in [3.8, 4) is 0 Å². The van der Waals surface area contributed by atoms with Crippen LogP contribution in [0.5, 0.6) is 0 Å². The fraction of sp³-hybridized carbons (Fsp3) is 1.00. The standard InChI is InChI=1S/C16H35N3/c1-5-8-11-16(6-2,14-17)18(4)13-15-10-9-12-19(15)7-3/h15H,5-14,17H2,1-4H3. The van der Waals surface area contributed by atoms with Crippen LogP contribution in [0.4, 0.5) is 0 Å². The zero-order valence-electron chi connectivity index (χ0n) is 13.6. The Balaban J connectivity index is 2.62. The van der Waals surface area contributed by atoms with E-state index in [9.17, 15) is 0 Å². The molecule has 1 rings (SSSR count). The van der Waals surface area contributed by atoms with Crippen LogP contribution in [0, 0.1) is 0 Å². The van der Waals surface area contributed by atoms with Crippen LogP contribution >= 0.6 is 0 Å². The van der Waals surface area contributed by atoms with Crippen LogP contribution in [0.1, 0.15) is 59.3 Å². The molecule has 3 nitrogen and oxygen atoms in total. The summed E-state index contributed by atoms with van der Waals surface area (Å²) in [6.07, 6.45) is 7.68. The third-order valence-electron chi connectivity index (χ3n) is 5.23. The lowest BCUT2D eigenvalue weighted by Crippen LogP contribution is -2.55.